The fourth-order valence-corrected chi connectivity index (χ4v) is 0.567. The van der Waals surface area contributed by atoms with Gasteiger partial charge in [0.2, 0.25) is 0 Å². The Kier molecular flexibility index (Phi) is 4.46. The van der Waals surface area contributed by atoms with Gasteiger partial charge in [0.1, 0.15) is 0 Å². The molecule has 0 atom stereocenters. The second-order valence-corrected chi connectivity index (χ2v) is 2.38. The van der Waals surface area contributed by atoms with Crippen molar-refractivity contribution >= 4 is 19.9 Å². The van der Waals surface area contributed by atoms with E-state index in [1.54, 1.807) is 0 Å². The van der Waals surface area contributed by atoms with Crippen molar-refractivity contribution in [1.29, 1.82) is 0 Å². The SMILES string of the molecule is C=CC[SiH]Cl. The third kappa shape index (κ3) is 4.25. The summed E-state index contributed by atoms with van der Waals surface area (Å²) in [5.41, 5.74) is 0. The van der Waals surface area contributed by atoms with Crippen LogP contribution in [0.1, 0.15) is 0 Å². The van der Waals surface area contributed by atoms with Gasteiger partial charge in [0.25, 0.3) is 0 Å². The van der Waals surface area contributed by atoms with Crippen LogP contribution in [0.4, 0.5) is 0 Å². The van der Waals surface area contributed by atoms with Crippen LogP contribution in [0, 0.1) is 0 Å². The largest absolute Gasteiger partial charge is 0.174 e. The maximum Gasteiger partial charge on any atom is 0.150 e. The Labute approximate surface area is 39.4 Å². The first-order chi connectivity index (χ1) is 2.41. The van der Waals surface area contributed by atoms with Crippen LogP contribution in [0.5, 0.6) is 0 Å². The topological polar surface area (TPSA) is 0 Å². The predicted molar refractivity (Wildman–Crippen MR) is 28.0 cm³/mol. The van der Waals surface area contributed by atoms with Crippen LogP contribution in [0.25, 0.3) is 0 Å². The molecule has 0 aliphatic carbocycles. The summed E-state index contributed by atoms with van der Waals surface area (Å²) < 4.78 is 0. The minimum Gasteiger partial charge on any atom is -0.174 e. The summed E-state index contributed by atoms with van der Waals surface area (Å²) in [6.45, 7) is 3.49. The van der Waals surface area contributed by atoms with E-state index in [1.807, 2.05) is 6.08 Å². The third-order valence-electron chi connectivity index (χ3n) is 0.256. The van der Waals surface area contributed by atoms with Crippen molar-refractivity contribution in [2.75, 3.05) is 0 Å². The lowest BCUT2D eigenvalue weighted by molar-refractivity contribution is 1.75. The molecule has 5 heavy (non-hydrogen) atoms. The van der Waals surface area contributed by atoms with Gasteiger partial charge >= 0.3 is 0 Å². The summed E-state index contributed by atoms with van der Waals surface area (Å²) >= 11 is 5.31. The van der Waals surface area contributed by atoms with Gasteiger partial charge in [-0.25, -0.2) is 0 Å². The van der Waals surface area contributed by atoms with Gasteiger partial charge in [-0.15, -0.1) is 6.58 Å². The first-order valence-corrected chi connectivity index (χ1v) is 4.01. The normalized spacial score (nSPS) is 7.40. The van der Waals surface area contributed by atoms with Gasteiger partial charge < -0.3 is 0 Å². The van der Waals surface area contributed by atoms with E-state index < -0.39 is 0 Å². The fourth-order valence-electron chi connectivity index (χ4n) is 0.0630. The highest BCUT2D eigenvalue weighted by Crippen LogP contribution is 1.78. The molecule has 2 heteroatoms. The molecule has 29 valence electrons. The molecule has 0 aliphatic heterocycles. The van der Waals surface area contributed by atoms with Crippen LogP contribution in [0.3, 0.4) is 0 Å². The molecule has 0 fully saturated rings. The molecule has 0 nitrogen and oxygen atoms in total. The van der Waals surface area contributed by atoms with Crippen molar-refractivity contribution in [3.8, 4) is 0 Å². The van der Waals surface area contributed by atoms with Crippen LogP contribution < -0.4 is 0 Å². The van der Waals surface area contributed by atoms with E-state index in [0.717, 1.165) is 6.04 Å². The highest BCUT2D eigenvalue weighted by molar-refractivity contribution is 6.93. The number of allylic oxidation sites excluding steroid dienone is 1. The molecule has 0 spiro atoms. The van der Waals surface area contributed by atoms with E-state index in [4.69, 9.17) is 11.1 Å². The van der Waals surface area contributed by atoms with Gasteiger partial charge in [-0.3, -0.25) is 0 Å². The molecule has 0 bridgehead atoms. The first-order valence-electron chi connectivity index (χ1n) is 1.44. The summed E-state index contributed by atoms with van der Waals surface area (Å²) in [7, 11) is 0.140. The van der Waals surface area contributed by atoms with Gasteiger partial charge in [-0.05, 0) is 6.04 Å². The highest BCUT2D eigenvalue weighted by Gasteiger charge is 1.67. The van der Waals surface area contributed by atoms with E-state index in [1.165, 1.54) is 0 Å². The molecular weight excluding hydrogens is 99.6 g/mol. The molecule has 0 aliphatic rings. The predicted octanol–water partition coefficient (Wildman–Crippen LogP) is 1.18. The summed E-state index contributed by atoms with van der Waals surface area (Å²) in [4.78, 5) is 0. The van der Waals surface area contributed by atoms with E-state index in [-0.39, 0.29) is 8.83 Å². The molecule has 0 rings (SSSR count). The van der Waals surface area contributed by atoms with Gasteiger partial charge in [-0.1, -0.05) is 6.08 Å². The Bertz CT molecular complexity index is 28.1. The number of halogens is 1. The van der Waals surface area contributed by atoms with Crippen molar-refractivity contribution in [3.05, 3.63) is 12.7 Å². The number of hydrogen-bond donors (Lipinski definition) is 0. The Balaban J connectivity index is 2.40. The Hall–Kier alpha value is 0.247. The number of hydrogen-bond acceptors (Lipinski definition) is 0. The second-order valence-electron chi connectivity index (χ2n) is 0.679. The molecule has 0 saturated carbocycles. The van der Waals surface area contributed by atoms with Crippen molar-refractivity contribution in [3.63, 3.8) is 0 Å². The molecule has 0 heterocycles. The van der Waals surface area contributed by atoms with Crippen LogP contribution >= 0.6 is 11.1 Å². The molecule has 0 aromatic rings. The molecule has 0 amide bonds. The second kappa shape index (κ2) is 4.25. The van der Waals surface area contributed by atoms with Crippen LogP contribution in [-0.2, 0) is 0 Å². The average Bonchev–Trinajstić information content (AvgIpc) is 1.41. The average molecular weight is 106 g/mol. The van der Waals surface area contributed by atoms with Gasteiger partial charge in [-0.2, -0.15) is 11.1 Å². The maximum atomic E-state index is 5.31. The van der Waals surface area contributed by atoms with Crippen molar-refractivity contribution in [2.45, 2.75) is 6.04 Å². The summed E-state index contributed by atoms with van der Waals surface area (Å²) in [5.74, 6) is 0. The summed E-state index contributed by atoms with van der Waals surface area (Å²) in [6, 6.07) is 1.00. The molecule has 0 N–H and O–H groups in total. The maximum absolute atomic E-state index is 5.31. The third-order valence-corrected chi connectivity index (χ3v) is 1.30. The van der Waals surface area contributed by atoms with Crippen LogP contribution in [0.2, 0.25) is 6.04 Å². The molecular formula is C3H6ClSi. The highest BCUT2D eigenvalue weighted by atomic mass is 35.6. The van der Waals surface area contributed by atoms with E-state index in [9.17, 15) is 0 Å². The zero-order chi connectivity index (χ0) is 4.12. The zero-order valence-electron chi connectivity index (χ0n) is 2.95. The Morgan fingerprint density at radius 2 is 2.60 bits per heavy atom. The molecule has 0 unspecified atom stereocenters. The minimum absolute atomic E-state index is 0.140. The summed E-state index contributed by atoms with van der Waals surface area (Å²) in [6.07, 6.45) is 1.84. The van der Waals surface area contributed by atoms with Gasteiger partial charge in [0.05, 0.1) is 0 Å². The number of rotatable bonds is 2. The lowest BCUT2D eigenvalue weighted by Gasteiger charge is -1.68. The van der Waals surface area contributed by atoms with Crippen molar-refractivity contribution in [2.24, 2.45) is 0 Å². The molecule has 0 aromatic carbocycles. The monoisotopic (exact) mass is 105 g/mol. The van der Waals surface area contributed by atoms with E-state index >= 15 is 0 Å². The molecule has 0 saturated heterocycles. The van der Waals surface area contributed by atoms with Gasteiger partial charge in [0.15, 0.2) is 8.83 Å². The standard InChI is InChI=1S/C3H6ClSi/c1-2-3-5-4/h2,5H,1,3H2. The zero-order valence-corrected chi connectivity index (χ0v) is 4.86. The first kappa shape index (κ1) is 5.25. The van der Waals surface area contributed by atoms with E-state index in [0.29, 0.717) is 0 Å². The fraction of sp³-hybridized carbons (Fsp3) is 0.333. The Morgan fingerprint density at radius 1 is 2.00 bits per heavy atom. The van der Waals surface area contributed by atoms with Crippen LogP contribution in [0.15, 0.2) is 12.7 Å². The van der Waals surface area contributed by atoms with Gasteiger partial charge in [0, 0.05) is 0 Å². The lowest BCUT2D eigenvalue weighted by atomic mass is 10.8. The van der Waals surface area contributed by atoms with Crippen LogP contribution in [-0.4, -0.2) is 8.83 Å². The van der Waals surface area contributed by atoms with E-state index in [2.05, 4.69) is 6.58 Å². The van der Waals surface area contributed by atoms with Crippen molar-refractivity contribution in [1.82, 2.24) is 0 Å². The molecule has 1 radical (unpaired) electrons. The van der Waals surface area contributed by atoms with Crippen molar-refractivity contribution < 1.29 is 0 Å². The lowest BCUT2D eigenvalue weighted by Crippen LogP contribution is -1.64. The quantitative estimate of drug-likeness (QED) is 0.281. The summed E-state index contributed by atoms with van der Waals surface area (Å²) in [5, 5.41) is 0. The molecule has 0 aromatic heterocycles. The minimum atomic E-state index is 0.140. The smallest absolute Gasteiger partial charge is 0.150 e. The Morgan fingerprint density at radius 3 is 2.60 bits per heavy atom.